The van der Waals surface area contributed by atoms with Crippen LogP contribution in [-0.2, 0) is 27.3 Å². The van der Waals surface area contributed by atoms with Gasteiger partial charge in [0.1, 0.15) is 22.8 Å². The van der Waals surface area contributed by atoms with E-state index >= 15 is 0 Å². The van der Waals surface area contributed by atoms with E-state index in [1.165, 1.54) is 4.90 Å². The van der Waals surface area contributed by atoms with Gasteiger partial charge in [-0.2, -0.15) is 0 Å². The molecule has 0 heterocycles. The van der Waals surface area contributed by atoms with Crippen LogP contribution in [0.1, 0.15) is 34.8 Å². The number of aromatic hydroxyl groups is 1. The maximum absolute atomic E-state index is 14.0. The van der Waals surface area contributed by atoms with Gasteiger partial charge in [0.05, 0.1) is 18.2 Å². The molecule has 3 aliphatic rings. The highest BCUT2D eigenvalue weighted by atomic mass is 16.5. The minimum absolute atomic E-state index is 0.00838. The Balaban J connectivity index is 1.90. The lowest BCUT2D eigenvalue weighted by Crippen LogP contribution is -2.63. The Morgan fingerprint density at radius 1 is 1.18 bits per heavy atom. The lowest BCUT2D eigenvalue weighted by atomic mass is 9.58. The Morgan fingerprint density at radius 3 is 2.38 bits per heavy atom. The van der Waals surface area contributed by atoms with E-state index in [0.29, 0.717) is 11.3 Å². The number of carbonyl (C=O) groups is 4. The zero-order chi connectivity index (χ0) is 29.8. The predicted molar refractivity (Wildman–Crippen MR) is 142 cm³/mol. The second-order valence-electron chi connectivity index (χ2n) is 10.7. The Hall–Kier alpha value is -4.10. The van der Waals surface area contributed by atoms with Crippen molar-refractivity contribution in [3.05, 3.63) is 45.4 Å². The zero-order valence-corrected chi connectivity index (χ0v) is 22.9. The molecule has 40 heavy (non-hydrogen) atoms. The molecule has 2 amide bonds. The van der Waals surface area contributed by atoms with Crippen molar-refractivity contribution < 1.29 is 44.3 Å². The van der Waals surface area contributed by atoms with Crippen molar-refractivity contribution >= 4 is 29.3 Å². The number of nitrogens with two attached hydrogens (primary N) is 1. The molecule has 7 N–H and O–H groups in total. The number of alkyl carbamates (subject to hydrolysis) is 1. The summed E-state index contributed by atoms with van der Waals surface area (Å²) in [4.78, 5) is 54.6. The van der Waals surface area contributed by atoms with Crippen LogP contribution in [0.5, 0.6) is 5.75 Å². The molecular formula is C27H34N4O9. The first-order valence-electron chi connectivity index (χ1n) is 12.8. The number of likely N-dealkylation sites (N-methyl/N-ethyl adjacent to an activating group) is 1. The van der Waals surface area contributed by atoms with Gasteiger partial charge in [0.15, 0.2) is 11.4 Å². The third-order valence-corrected chi connectivity index (χ3v) is 7.96. The van der Waals surface area contributed by atoms with Crippen molar-refractivity contribution in [2.45, 2.75) is 38.0 Å². The highest BCUT2D eigenvalue weighted by Gasteiger charge is 2.63. The van der Waals surface area contributed by atoms with Crippen LogP contribution >= 0.6 is 0 Å². The molecule has 13 nitrogen and oxygen atoms in total. The molecule has 0 aliphatic heterocycles. The van der Waals surface area contributed by atoms with E-state index in [1.54, 1.807) is 46.1 Å². The number of ether oxygens (including phenoxy) is 1. The Labute approximate surface area is 230 Å². The molecule has 0 bridgehead atoms. The van der Waals surface area contributed by atoms with Crippen molar-refractivity contribution in [2.75, 3.05) is 39.7 Å². The van der Waals surface area contributed by atoms with Crippen molar-refractivity contribution in [1.29, 1.82) is 0 Å². The quantitative estimate of drug-likeness (QED) is 0.264. The number of phenolic OH excluding ortho intramolecular Hbond substituents is 1. The monoisotopic (exact) mass is 558 g/mol. The molecule has 1 aromatic rings. The summed E-state index contributed by atoms with van der Waals surface area (Å²) in [5, 5.41) is 47.7. The van der Waals surface area contributed by atoms with Crippen molar-refractivity contribution in [3.63, 3.8) is 0 Å². The van der Waals surface area contributed by atoms with Gasteiger partial charge < -0.3 is 41.1 Å². The van der Waals surface area contributed by atoms with Gasteiger partial charge in [0.25, 0.3) is 5.91 Å². The number of hydrogen-bond donors (Lipinski definition) is 6. The molecule has 216 valence electrons. The van der Waals surface area contributed by atoms with Crippen molar-refractivity contribution in [1.82, 2.24) is 10.2 Å². The van der Waals surface area contributed by atoms with E-state index in [-0.39, 0.29) is 42.7 Å². The van der Waals surface area contributed by atoms with E-state index in [1.807, 2.05) is 0 Å². The molecule has 1 unspecified atom stereocenters. The third-order valence-electron chi connectivity index (χ3n) is 7.96. The standard InChI is InChI=1S/C27H34N4O9/c1-6-40-26(38)29-10-12-9-15(30(2)3)13-7-11-8-14-19(31(4)5)22(34)18(25(28)37)24(36)27(14,39)23(35)16(11)21(33)17(13)20(12)32/h9,11,14,19,32,34-35,39H,6-8,10H2,1-5H3,(H2,28,37)(H,29,38)/t11-,14-,19?,27-/m1/s1. The number of ketones is 2. The minimum Gasteiger partial charge on any atom is -0.510 e. The van der Waals surface area contributed by atoms with E-state index < -0.39 is 69.9 Å². The number of phenols is 1. The fourth-order valence-corrected chi connectivity index (χ4v) is 6.24. The number of nitrogens with one attached hydrogen (secondary N) is 1. The first-order chi connectivity index (χ1) is 18.7. The average molecular weight is 559 g/mol. The van der Waals surface area contributed by atoms with Crippen LogP contribution < -0.4 is 16.0 Å². The highest BCUT2D eigenvalue weighted by Crippen LogP contribution is 2.53. The number of aliphatic hydroxyl groups excluding tert-OH is 2. The molecule has 0 radical (unpaired) electrons. The lowest BCUT2D eigenvalue weighted by molar-refractivity contribution is -0.148. The molecule has 4 rings (SSSR count). The molecule has 0 saturated carbocycles. The Morgan fingerprint density at radius 2 is 1.82 bits per heavy atom. The summed E-state index contributed by atoms with van der Waals surface area (Å²) < 4.78 is 4.86. The number of benzene rings is 1. The molecule has 3 aliphatic carbocycles. The van der Waals surface area contributed by atoms with Crippen LogP contribution in [0.2, 0.25) is 0 Å². The number of allylic oxidation sites excluding steroid dienone is 1. The number of carbonyl (C=O) groups excluding carboxylic acids is 4. The minimum atomic E-state index is -2.71. The summed E-state index contributed by atoms with van der Waals surface area (Å²) >= 11 is 0. The zero-order valence-electron chi connectivity index (χ0n) is 22.9. The van der Waals surface area contributed by atoms with E-state index in [2.05, 4.69) is 5.32 Å². The number of rotatable bonds is 6. The van der Waals surface area contributed by atoms with Gasteiger partial charge in [0, 0.05) is 43.4 Å². The summed E-state index contributed by atoms with van der Waals surface area (Å²) in [6, 6.07) is 0.574. The van der Waals surface area contributed by atoms with Gasteiger partial charge in [-0.25, -0.2) is 4.79 Å². The number of nitrogens with zero attached hydrogens (tertiary/aromatic N) is 2. The summed E-state index contributed by atoms with van der Waals surface area (Å²) in [5.74, 6) is -7.17. The van der Waals surface area contributed by atoms with Gasteiger partial charge in [0.2, 0.25) is 5.78 Å². The number of hydrogen-bond acceptors (Lipinski definition) is 11. The SMILES string of the molecule is CCOC(=O)NCc1cc(N(C)C)c2c(c1O)C(=O)C1=C(O)[C@@]3(O)C(=O)C(C(N)=O)=C(O)C(N(C)C)[C@H]3C[C@H]1C2. The maximum atomic E-state index is 14.0. The van der Waals surface area contributed by atoms with Gasteiger partial charge in [-0.3, -0.25) is 19.3 Å². The largest absolute Gasteiger partial charge is 0.510 e. The van der Waals surface area contributed by atoms with Gasteiger partial charge in [-0.05, 0) is 51.4 Å². The van der Waals surface area contributed by atoms with Crippen molar-refractivity contribution in [2.24, 2.45) is 17.6 Å². The Bertz CT molecular complexity index is 1380. The molecule has 4 atom stereocenters. The first-order valence-corrected chi connectivity index (χ1v) is 12.8. The number of fused-ring (bicyclic) bond motifs is 3. The number of Topliss-reactive ketones (excluding diaryl/α,β-unsaturated/α-hetero) is 2. The van der Waals surface area contributed by atoms with Crippen LogP contribution in [0.15, 0.2) is 28.7 Å². The molecule has 1 aromatic carbocycles. The molecule has 0 saturated heterocycles. The predicted octanol–water partition coefficient (Wildman–Crippen LogP) is 0.433. The van der Waals surface area contributed by atoms with Crippen LogP contribution in [0.4, 0.5) is 10.5 Å². The summed E-state index contributed by atoms with van der Waals surface area (Å²) in [6.45, 7) is 1.61. The topological polar surface area (TPSA) is 203 Å². The third kappa shape index (κ3) is 4.16. The van der Waals surface area contributed by atoms with Crippen molar-refractivity contribution in [3.8, 4) is 5.75 Å². The van der Waals surface area contributed by atoms with Crippen LogP contribution in [0.25, 0.3) is 0 Å². The van der Waals surface area contributed by atoms with E-state index in [4.69, 9.17) is 10.5 Å². The second-order valence-corrected chi connectivity index (χ2v) is 10.7. The second kappa shape index (κ2) is 10.1. The average Bonchev–Trinajstić information content (AvgIpc) is 2.85. The highest BCUT2D eigenvalue weighted by molar-refractivity contribution is 6.25. The summed E-state index contributed by atoms with van der Waals surface area (Å²) in [6.07, 6.45) is -0.571. The van der Waals surface area contributed by atoms with Gasteiger partial charge >= 0.3 is 6.09 Å². The lowest BCUT2D eigenvalue weighted by Gasteiger charge is -2.50. The van der Waals surface area contributed by atoms with E-state index in [0.717, 1.165) is 0 Å². The fourth-order valence-electron chi connectivity index (χ4n) is 6.24. The molecule has 0 aromatic heterocycles. The Kier molecular flexibility index (Phi) is 7.32. The molecular weight excluding hydrogens is 524 g/mol. The fraction of sp³-hybridized carbons (Fsp3) is 0.481. The molecule has 13 heteroatoms. The van der Waals surface area contributed by atoms with E-state index in [9.17, 15) is 39.6 Å². The molecule has 0 spiro atoms. The molecule has 0 fully saturated rings. The van der Waals surface area contributed by atoms with Crippen LogP contribution in [0.3, 0.4) is 0 Å². The maximum Gasteiger partial charge on any atom is 0.407 e. The number of anilines is 1. The first kappa shape index (κ1) is 28.9. The normalized spacial score (nSPS) is 25.8. The number of primary amides is 1. The summed E-state index contributed by atoms with van der Waals surface area (Å²) in [7, 11) is 6.64. The summed E-state index contributed by atoms with van der Waals surface area (Å²) in [5.41, 5.74) is 2.68. The number of aliphatic hydroxyl groups is 3. The van der Waals surface area contributed by atoms with Gasteiger partial charge in [-0.15, -0.1) is 0 Å². The van der Waals surface area contributed by atoms with Gasteiger partial charge in [-0.1, -0.05) is 0 Å². The van der Waals surface area contributed by atoms with Crippen LogP contribution in [0, 0.1) is 11.8 Å². The van der Waals surface area contributed by atoms with Crippen LogP contribution in [-0.4, -0.2) is 95.3 Å². The number of amides is 2. The smallest absolute Gasteiger partial charge is 0.407 e.